The number of hydrogen-bond acceptors (Lipinski definition) is 2. The fourth-order valence-corrected chi connectivity index (χ4v) is 2.62. The van der Waals surface area contributed by atoms with Crippen molar-refractivity contribution in [3.8, 4) is 0 Å². The van der Waals surface area contributed by atoms with Gasteiger partial charge < -0.3 is 10.2 Å². The molecule has 2 N–H and O–H groups in total. The van der Waals surface area contributed by atoms with Gasteiger partial charge in [-0.2, -0.15) is 0 Å². The van der Waals surface area contributed by atoms with Crippen molar-refractivity contribution in [1.29, 1.82) is 0 Å². The lowest BCUT2D eigenvalue weighted by atomic mass is 9.86. The lowest BCUT2D eigenvalue weighted by Crippen LogP contribution is -2.35. The molecule has 0 unspecified atom stereocenters. The van der Waals surface area contributed by atoms with Crippen LogP contribution in [0.5, 0.6) is 0 Å². The summed E-state index contributed by atoms with van der Waals surface area (Å²) in [7, 11) is 0. The van der Waals surface area contributed by atoms with Crippen LogP contribution >= 0.6 is 0 Å². The van der Waals surface area contributed by atoms with Crippen molar-refractivity contribution < 1.29 is 10.2 Å². The zero-order valence-electron chi connectivity index (χ0n) is 6.20. The van der Waals surface area contributed by atoms with Crippen LogP contribution in [0.1, 0.15) is 19.8 Å². The first kappa shape index (κ1) is 6.62. The molecule has 0 aromatic rings. The fourth-order valence-electron chi connectivity index (χ4n) is 2.62. The van der Waals surface area contributed by atoms with Gasteiger partial charge in [-0.1, -0.05) is 6.92 Å². The monoisotopic (exact) mass is 142 g/mol. The second-order valence-electron chi connectivity index (χ2n) is 3.85. The summed E-state index contributed by atoms with van der Waals surface area (Å²) in [6.45, 7) is 2.17. The van der Waals surface area contributed by atoms with Crippen LogP contribution in [0.25, 0.3) is 0 Å². The van der Waals surface area contributed by atoms with Gasteiger partial charge in [-0.15, -0.1) is 0 Å². The molecule has 0 amide bonds. The van der Waals surface area contributed by atoms with Crippen LogP contribution in [-0.4, -0.2) is 22.4 Å². The molecule has 2 aliphatic rings. The molecule has 0 spiro atoms. The van der Waals surface area contributed by atoms with Crippen molar-refractivity contribution in [3.05, 3.63) is 0 Å². The molecule has 2 heteroatoms. The van der Waals surface area contributed by atoms with E-state index in [2.05, 4.69) is 6.92 Å². The second kappa shape index (κ2) is 1.95. The van der Waals surface area contributed by atoms with E-state index in [1.807, 2.05) is 0 Å². The van der Waals surface area contributed by atoms with Gasteiger partial charge in [0.05, 0.1) is 12.2 Å². The maximum atomic E-state index is 9.41. The number of aliphatic hydroxyl groups is 2. The average Bonchev–Trinajstić information content (AvgIpc) is 2.36. The number of rotatable bonds is 0. The Morgan fingerprint density at radius 1 is 1.10 bits per heavy atom. The molecule has 0 heterocycles. The van der Waals surface area contributed by atoms with Crippen LogP contribution in [0.15, 0.2) is 0 Å². The van der Waals surface area contributed by atoms with E-state index in [4.69, 9.17) is 0 Å². The predicted octanol–water partition coefficient (Wildman–Crippen LogP) is 0.384. The van der Waals surface area contributed by atoms with Crippen molar-refractivity contribution >= 4 is 0 Å². The van der Waals surface area contributed by atoms with Crippen molar-refractivity contribution in [2.24, 2.45) is 17.8 Å². The molecule has 2 aliphatic carbocycles. The van der Waals surface area contributed by atoms with Crippen LogP contribution in [0.3, 0.4) is 0 Å². The maximum Gasteiger partial charge on any atom is 0.0832 e. The molecule has 0 aliphatic heterocycles. The Kier molecular flexibility index (Phi) is 1.29. The zero-order chi connectivity index (χ0) is 7.30. The maximum absolute atomic E-state index is 9.41. The Morgan fingerprint density at radius 3 is 2.20 bits per heavy atom. The summed E-state index contributed by atoms with van der Waals surface area (Å²) in [6.07, 6.45) is 1.32. The van der Waals surface area contributed by atoms with Gasteiger partial charge in [0.15, 0.2) is 0 Å². The molecule has 0 aromatic heterocycles. The van der Waals surface area contributed by atoms with Gasteiger partial charge in [0.25, 0.3) is 0 Å². The molecule has 2 saturated carbocycles. The SMILES string of the molecule is C[C@@H]1C[C@@H]2C[C@@H]1[C@H](O)[C@@H]2O. The van der Waals surface area contributed by atoms with E-state index in [0.29, 0.717) is 17.8 Å². The number of hydrogen-bond donors (Lipinski definition) is 2. The van der Waals surface area contributed by atoms with Crippen molar-refractivity contribution in [1.82, 2.24) is 0 Å². The lowest BCUT2D eigenvalue weighted by molar-refractivity contribution is -0.0309. The molecule has 2 fully saturated rings. The summed E-state index contributed by atoms with van der Waals surface area (Å²) in [4.78, 5) is 0. The molecule has 0 radical (unpaired) electrons. The Labute approximate surface area is 60.9 Å². The van der Waals surface area contributed by atoms with E-state index in [1.165, 1.54) is 0 Å². The lowest BCUT2D eigenvalue weighted by Gasteiger charge is -2.26. The highest BCUT2D eigenvalue weighted by Crippen LogP contribution is 2.48. The topological polar surface area (TPSA) is 40.5 Å². The van der Waals surface area contributed by atoms with Gasteiger partial charge in [0.1, 0.15) is 0 Å². The number of fused-ring (bicyclic) bond motifs is 2. The summed E-state index contributed by atoms with van der Waals surface area (Å²) < 4.78 is 0. The smallest absolute Gasteiger partial charge is 0.0832 e. The molecule has 2 nitrogen and oxygen atoms in total. The van der Waals surface area contributed by atoms with E-state index in [0.717, 1.165) is 12.8 Å². The van der Waals surface area contributed by atoms with Crippen LogP contribution in [0, 0.1) is 17.8 Å². The normalized spacial score (nSPS) is 59.7. The molecule has 2 bridgehead atoms. The van der Waals surface area contributed by atoms with Crippen LogP contribution in [0.4, 0.5) is 0 Å². The summed E-state index contributed by atoms with van der Waals surface area (Å²) in [5, 5.41) is 18.8. The van der Waals surface area contributed by atoms with E-state index in [1.54, 1.807) is 0 Å². The third-order valence-corrected chi connectivity index (χ3v) is 3.25. The van der Waals surface area contributed by atoms with E-state index in [9.17, 15) is 10.2 Å². The summed E-state index contributed by atoms with van der Waals surface area (Å²) in [5.41, 5.74) is 0. The third kappa shape index (κ3) is 0.663. The number of aliphatic hydroxyl groups excluding tert-OH is 2. The molecule has 0 aromatic carbocycles. The Hall–Kier alpha value is -0.0800. The molecule has 5 atom stereocenters. The minimum Gasteiger partial charge on any atom is -0.390 e. The fraction of sp³-hybridized carbons (Fsp3) is 1.00. The minimum absolute atomic E-state index is 0.389. The summed E-state index contributed by atoms with van der Waals surface area (Å²) in [5.74, 6) is 1.42. The molecule has 2 rings (SSSR count). The van der Waals surface area contributed by atoms with Crippen molar-refractivity contribution in [2.75, 3.05) is 0 Å². The van der Waals surface area contributed by atoms with Gasteiger partial charge in [-0.05, 0) is 30.6 Å². The minimum atomic E-state index is -0.422. The van der Waals surface area contributed by atoms with Gasteiger partial charge in [0.2, 0.25) is 0 Å². The Bertz CT molecular complexity index is 144. The zero-order valence-corrected chi connectivity index (χ0v) is 6.20. The molecular formula is C8H14O2. The Morgan fingerprint density at radius 2 is 1.80 bits per heavy atom. The summed E-state index contributed by atoms with van der Waals surface area (Å²) >= 11 is 0. The highest BCUT2D eigenvalue weighted by Gasteiger charge is 2.49. The van der Waals surface area contributed by atoms with E-state index in [-0.39, 0.29) is 0 Å². The quantitative estimate of drug-likeness (QED) is 0.513. The Balaban J connectivity index is 2.16. The third-order valence-electron chi connectivity index (χ3n) is 3.25. The van der Waals surface area contributed by atoms with Gasteiger partial charge in [-0.25, -0.2) is 0 Å². The van der Waals surface area contributed by atoms with E-state index < -0.39 is 12.2 Å². The van der Waals surface area contributed by atoms with Crippen molar-refractivity contribution in [3.63, 3.8) is 0 Å². The van der Waals surface area contributed by atoms with Crippen LogP contribution < -0.4 is 0 Å². The highest BCUT2D eigenvalue weighted by atomic mass is 16.3. The predicted molar refractivity (Wildman–Crippen MR) is 37.4 cm³/mol. The molecular weight excluding hydrogens is 128 g/mol. The van der Waals surface area contributed by atoms with Gasteiger partial charge >= 0.3 is 0 Å². The first-order valence-electron chi connectivity index (χ1n) is 4.06. The highest BCUT2D eigenvalue weighted by molar-refractivity contribution is 4.99. The molecule has 10 heavy (non-hydrogen) atoms. The average molecular weight is 142 g/mol. The van der Waals surface area contributed by atoms with Crippen LogP contribution in [0.2, 0.25) is 0 Å². The van der Waals surface area contributed by atoms with Gasteiger partial charge in [0, 0.05) is 0 Å². The standard InChI is InChI=1S/C8H14O2/c1-4-2-5-3-6(4)8(10)7(5)9/h4-10H,2-3H2,1H3/t4-,5-,6+,7-,8+/m1/s1. The van der Waals surface area contributed by atoms with Crippen LogP contribution in [-0.2, 0) is 0 Å². The van der Waals surface area contributed by atoms with E-state index >= 15 is 0 Å². The summed E-state index contributed by atoms with van der Waals surface area (Å²) in [6, 6.07) is 0. The molecule has 0 saturated heterocycles. The second-order valence-corrected chi connectivity index (χ2v) is 3.85. The molecule has 58 valence electrons. The van der Waals surface area contributed by atoms with Gasteiger partial charge in [-0.3, -0.25) is 0 Å². The first-order chi connectivity index (χ1) is 4.70. The first-order valence-corrected chi connectivity index (χ1v) is 4.06. The largest absolute Gasteiger partial charge is 0.390 e. The van der Waals surface area contributed by atoms with Crippen molar-refractivity contribution in [2.45, 2.75) is 32.0 Å².